The van der Waals surface area contributed by atoms with Crippen molar-refractivity contribution in [2.24, 2.45) is 0 Å². The standard InChI is InChI=1S/C12H10F3NS/c1-7(8-4-5-17-6-8)16-10-3-2-9(13)11(14)12(10)15/h2-7,16H,1H3. The van der Waals surface area contributed by atoms with Gasteiger partial charge in [0.05, 0.1) is 5.69 Å². The molecule has 0 fully saturated rings. The topological polar surface area (TPSA) is 12.0 Å². The number of nitrogens with one attached hydrogen (secondary N) is 1. The lowest BCUT2D eigenvalue weighted by Crippen LogP contribution is -2.08. The Morgan fingerprint density at radius 1 is 1.12 bits per heavy atom. The van der Waals surface area contributed by atoms with Gasteiger partial charge in [-0.1, -0.05) is 0 Å². The monoisotopic (exact) mass is 257 g/mol. The summed E-state index contributed by atoms with van der Waals surface area (Å²) in [6.45, 7) is 1.82. The van der Waals surface area contributed by atoms with Crippen LogP contribution in [0.3, 0.4) is 0 Å². The lowest BCUT2D eigenvalue weighted by molar-refractivity contribution is 0.448. The van der Waals surface area contributed by atoms with Crippen LogP contribution in [0.15, 0.2) is 29.0 Å². The van der Waals surface area contributed by atoms with Crippen molar-refractivity contribution >= 4 is 17.0 Å². The molecule has 0 saturated heterocycles. The molecular weight excluding hydrogens is 247 g/mol. The molecule has 1 N–H and O–H groups in total. The molecule has 0 spiro atoms. The Morgan fingerprint density at radius 3 is 2.53 bits per heavy atom. The highest BCUT2D eigenvalue weighted by Crippen LogP contribution is 2.25. The molecule has 0 aliphatic carbocycles. The van der Waals surface area contributed by atoms with E-state index in [9.17, 15) is 13.2 Å². The minimum Gasteiger partial charge on any atom is -0.376 e. The minimum atomic E-state index is -1.45. The average Bonchev–Trinajstić information content (AvgIpc) is 2.83. The van der Waals surface area contributed by atoms with Crippen LogP contribution in [0.1, 0.15) is 18.5 Å². The van der Waals surface area contributed by atoms with E-state index >= 15 is 0 Å². The summed E-state index contributed by atoms with van der Waals surface area (Å²) in [6, 6.07) is 3.82. The normalized spacial score (nSPS) is 12.5. The molecule has 17 heavy (non-hydrogen) atoms. The van der Waals surface area contributed by atoms with Crippen molar-refractivity contribution in [2.75, 3.05) is 5.32 Å². The number of halogens is 3. The first-order valence-electron chi connectivity index (χ1n) is 5.01. The highest BCUT2D eigenvalue weighted by Gasteiger charge is 2.15. The predicted octanol–water partition coefficient (Wildman–Crippen LogP) is 4.34. The van der Waals surface area contributed by atoms with E-state index in [1.54, 1.807) is 0 Å². The summed E-state index contributed by atoms with van der Waals surface area (Å²) < 4.78 is 39.1. The fraction of sp³-hybridized carbons (Fsp3) is 0.167. The Labute approximate surface area is 101 Å². The Morgan fingerprint density at radius 2 is 1.88 bits per heavy atom. The van der Waals surface area contributed by atoms with E-state index in [4.69, 9.17) is 0 Å². The summed E-state index contributed by atoms with van der Waals surface area (Å²) in [4.78, 5) is 0. The summed E-state index contributed by atoms with van der Waals surface area (Å²) in [7, 11) is 0. The third-order valence-corrected chi connectivity index (χ3v) is 3.15. The second-order valence-corrected chi connectivity index (χ2v) is 4.43. The van der Waals surface area contributed by atoms with Crippen LogP contribution in [0.5, 0.6) is 0 Å². The Balaban J connectivity index is 2.22. The van der Waals surface area contributed by atoms with E-state index in [1.807, 2.05) is 23.8 Å². The van der Waals surface area contributed by atoms with Crippen LogP contribution < -0.4 is 5.32 Å². The van der Waals surface area contributed by atoms with Crippen LogP contribution in [0, 0.1) is 17.5 Å². The largest absolute Gasteiger partial charge is 0.376 e. The Kier molecular flexibility index (Phi) is 3.38. The molecule has 1 aromatic heterocycles. The lowest BCUT2D eigenvalue weighted by Gasteiger charge is -2.15. The molecule has 2 rings (SSSR count). The fourth-order valence-electron chi connectivity index (χ4n) is 1.48. The Bertz CT molecular complexity index is 511. The molecule has 0 aliphatic heterocycles. The molecule has 0 aliphatic rings. The van der Waals surface area contributed by atoms with Crippen LogP contribution in [-0.4, -0.2) is 0 Å². The maximum atomic E-state index is 13.4. The van der Waals surface area contributed by atoms with Crippen molar-refractivity contribution in [2.45, 2.75) is 13.0 Å². The van der Waals surface area contributed by atoms with Gasteiger partial charge in [-0.05, 0) is 41.4 Å². The van der Waals surface area contributed by atoms with E-state index in [-0.39, 0.29) is 11.7 Å². The number of thiophene rings is 1. The van der Waals surface area contributed by atoms with E-state index in [0.29, 0.717) is 0 Å². The van der Waals surface area contributed by atoms with Crippen molar-refractivity contribution in [1.29, 1.82) is 0 Å². The molecule has 0 saturated carbocycles. The molecule has 5 heteroatoms. The minimum absolute atomic E-state index is 0.0393. The zero-order chi connectivity index (χ0) is 12.4. The van der Waals surface area contributed by atoms with E-state index in [2.05, 4.69) is 5.32 Å². The summed E-state index contributed by atoms with van der Waals surface area (Å²) >= 11 is 1.52. The van der Waals surface area contributed by atoms with Crippen molar-refractivity contribution in [3.63, 3.8) is 0 Å². The van der Waals surface area contributed by atoms with Crippen LogP contribution in [0.2, 0.25) is 0 Å². The lowest BCUT2D eigenvalue weighted by atomic mass is 10.1. The van der Waals surface area contributed by atoms with Crippen LogP contribution in [0.4, 0.5) is 18.9 Å². The first-order valence-corrected chi connectivity index (χ1v) is 5.96. The van der Waals surface area contributed by atoms with Crippen LogP contribution >= 0.6 is 11.3 Å². The van der Waals surface area contributed by atoms with Gasteiger partial charge in [0.2, 0.25) is 0 Å². The molecule has 0 bridgehead atoms. The predicted molar refractivity (Wildman–Crippen MR) is 62.7 cm³/mol. The zero-order valence-electron chi connectivity index (χ0n) is 9.01. The van der Waals surface area contributed by atoms with Crippen molar-refractivity contribution in [1.82, 2.24) is 0 Å². The molecule has 0 amide bonds. The maximum Gasteiger partial charge on any atom is 0.196 e. The van der Waals surface area contributed by atoms with Crippen molar-refractivity contribution in [3.8, 4) is 0 Å². The molecule has 1 heterocycles. The molecule has 1 atom stereocenters. The van der Waals surface area contributed by atoms with Gasteiger partial charge < -0.3 is 5.32 Å². The second-order valence-electron chi connectivity index (χ2n) is 3.65. The molecule has 1 nitrogen and oxygen atoms in total. The van der Waals surface area contributed by atoms with Crippen LogP contribution in [0.25, 0.3) is 0 Å². The average molecular weight is 257 g/mol. The number of benzene rings is 1. The third-order valence-electron chi connectivity index (χ3n) is 2.45. The van der Waals surface area contributed by atoms with E-state index < -0.39 is 17.5 Å². The van der Waals surface area contributed by atoms with E-state index in [0.717, 1.165) is 11.6 Å². The van der Waals surface area contributed by atoms with Crippen molar-refractivity contribution in [3.05, 3.63) is 52.0 Å². The maximum absolute atomic E-state index is 13.4. The van der Waals surface area contributed by atoms with Gasteiger partial charge in [-0.25, -0.2) is 13.2 Å². The van der Waals surface area contributed by atoms with Gasteiger partial charge >= 0.3 is 0 Å². The first kappa shape index (κ1) is 12.0. The highest BCUT2D eigenvalue weighted by atomic mass is 32.1. The van der Waals surface area contributed by atoms with Gasteiger partial charge in [0, 0.05) is 6.04 Å². The summed E-state index contributed by atoms with van der Waals surface area (Å²) in [6.07, 6.45) is 0. The molecular formula is C12H10F3NS. The van der Waals surface area contributed by atoms with E-state index in [1.165, 1.54) is 17.4 Å². The van der Waals surface area contributed by atoms with Gasteiger partial charge in [0.1, 0.15) is 0 Å². The zero-order valence-corrected chi connectivity index (χ0v) is 9.82. The fourth-order valence-corrected chi connectivity index (χ4v) is 2.23. The number of rotatable bonds is 3. The molecule has 1 aromatic carbocycles. The molecule has 90 valence electrons. The van der Waals surface area contributed by atoms with Crippen molar-refractivity contribution < 1.29 is 13.2 Å². The van der Waals surface area contributed by atoms with Gasteiger partial charge in [-0.2, -0.15) is 11.3 Å². The summed E-state index contributed by atoms with van der Waals surface area (Å²) in [5.74, 6) is -3.82. The highest BCUT2D eigenvalue weighted by molar-refractivity contribution is 7.07. The van der Waals surface area contributed by atoms with Crippen LogP contribution in [-0.2, 0) is 0 Å². The number of hydrogen-bond acceptors (Lipinski definition) is 2. The van der Waals surface area contributed by atoms with Gasteiger partial charge in [0.15, 0.2) is 17.5 Å². The molecule has 1 unspecified atom stereocenters. The number of anilines is 1. The van der Waals surface area contributed by atoms with Gasteiger partial charge in [-0.15, -0.1) is 0 Å². The third kappa shape index (κ3) is 2.44. The summed E-state index contributed by atoms with van der Waals surface area (Å²) in [5.41, 5.74) is 0.932. The number of hydrogen-bond donors (Lipinski definition) is 1. The smallest absolute Gasteiger partial charge is 0.196 e. The molecule has 2 aromatic rings. The Hall–Kier alpha value is -1.49. The first-order chi connectivity index (χ1) is 8.09. The summed E-state index contributed by atoms with van der Waals surface area (Å²) in [5, 5.41) is 6.62. The molecule has 0 radical (unpaired) electrons. The van der Waals surface area contributed by atoms with Gasteiger partial charge in [0.25, 0.3) is 0 Å². The second kappa shape index (κ2) is 4.79. The quantitative estimate of drug-likeness (QED) is 0.806. The van der Waals surface area contributed by atoms with Gasteiger partial charge in [-0.3, -0.25) is 0 Å². The SMILES string of the molecule is CC(Nc1ccc(F)c(F)c1F)c1ccsc1.